The van der Waals surface area contributed by atoms with Crippen molar-refractivity contribution in [1.29, 1.82) is 0 Å². The van der Waals surface area contributed by atoms with E-state index in [1.54, 1.807) is 0 Å². The molecule has 0 aliphatic heterocycles. The van der Waals surface area contributed by atoms with Gasteiger partial charge in [0.15, 0.2) is 0 Å². The quantitative estimate of drug-likeness (QED) is 0.455. The number of aromatic nitrogens is 1. The minimum absolute atomic E-state index is 0. The SMILES string of the molecule is [Cl-].[Cl-].[Zr+2][c]1ccc[nH]1. The number of nitrogens with one attached hydrogen (secondary N) is 1. The molecule has 1 rings (SSSR count). The first kappa shape index (κ1) is 11.5. The Balaban J connectivity index is 0. The third-order valence-corrected chi connectivity index (χ3v) is 1.36. The van der Waals surface area contributed by atoms with E-state index in [-0.39, 0.29) is 24.8 Å². The molecule has 4 heteroatoms. The van der Waals surface area contributed by atoms with Gasteiger partial charge in [-0.1, -0.05) is 0 Å². The van der Waals surface area contributed by atoms with Crippen LogP contribution in [0.5, 0.6) is 0 Å². The van der Waals surface area contributed by atoms with Crippen LogP contribution in [0.3, 0.4) is 0 Å². The predicted octanol–water partition coefficient (Wildman–Crippen LogP) is -5.81. The van der Waals surface area contributed by atoms with Crippen molar-refractivity contribution >= 4 is 3.40 Å². The normalized spacial score (nSPS) is 6.75. The number of hydrogen-bond donors (Lipinski definition) is 1. The van der Waals surface area contributed by atoms with Crippen LogP contribution < -0.4 is 28.2 Å². The van der Waals surface area contributed by atoms with E-state index in [9.17, 15) is 0 Å². The third kappa shape index (κ3) is 3.71. The van der Waals surface area contributed by atoms with E-state index >= 15 is 0 Å². The van der Waals surface area contributed by atoms with Crippen molar-refractivity contribution in [2.45, 2.75) is 0 Å². The molecule has 1 aromatic rings. The van der Waals surface area contributed by atoms with E-state index in [0.717, 1.165) is 0 Å². The van der Waals surface area contributed by atoms with Crippen molar-refractivity contribution in [3.8, 4) is 0 Å². The zero-order valence-electron chi connectivity index (χ0n) is 3.99. The molecule has 0 aliphatic rings. The maximum absolute atomic E-state index is 3.04. The number of aromatic amines is 1. The monoisotopic (exact) mass is 226 g/mol. The molecule has 1 N–H and O–H groups in total. The fraction of sp³-hybridized carbons (Fsp3) is 0. The summed E-state index contributed by atoms with van der Waals surface area (Å²) >= 11 is 1.45. The Hall–Kier alpha value is 0.743. The number of hydrogen-bond acceptors (Lipinski definition) is 0. The molecule has 0 amide bonds. The standard InChI is InChI=1S/C4H4N.2ClH.Zr/c1-2-4-5-3-1;;;/h1-3,5H;2*1H;/q;;;+2/p-2. The zero-order valence-corrected chi connectivity index (χ0v) is 7.96. The van der Waals surface area contributed by atoms with Gasteiger partial charge in [-0.3, -0.25) is 0 Å². The first-order valence-electron chi connectivity index (χ1n) is 1.74. The average molecular weight is 228 g/mol. The minimum atomic E-state index is 0. The summed E-state index contributed by atoms with van der Waals surface area (Å²) in [7, 11) is 0. The molecule has 0 aliphatic carbocycles. The van der Waals surface area contributed by atoms with Gasteiger partial charge in [0.25, 0.3) is 0 Å². The topological polar surface area (TPSA) is 15.8 Å². The van der Waals surface area contributed by atoms with Crippen LogP contribution in [0.2, 0.25) is 0 Å². The molecular formula is C4H4Cl2NZr. The molecule has 1 nitrogen and oxygen atoms in total. The number of rotatable bonds is 0. The van der Waals surface area contributed by atoms with Crippen LogP contribution in [0.25, 0.3) is 0 Å². The molecule has 0 saturated heterocycles. The molecule has 0 unspecified atom stereocenters. The van der Waals surface area contributed by atoms with Crippen LogP contribution in [0.4, 0.5) is 0 Å². The van der Waals surface area contributed by atoms with Crippen LogP contribution >= 0.6 is 0 Å². The third-order valence-electron chi connectivity index (χ3n) is 0.598. The molecule has 1 heterocycles. The van der Waals surface area contributed by atoms with Crippen LogP contribution in [0.1, 0.15) is 0 Å². The Kier molecular flexibility index (Phi) is 8.46. The van der Waals surface area contributed by atoms with Gasteiger partial charge in [0, 0.05) is 0 Å². The molecule has 0 aromatic carbocycles. The summed E-state index contributed by atoms with van der Waals surface area (Å²) in [4.78, 5) is 3.04. The van der Waals surface area contributed by atoms with Crippen molar-refractivity contribution in [1.82, 2.24) is 4.98 Å². The van der Waals surface area contributed by atoms with Gasteiger partial charge in [-0.15, -0.1) is 0 Å². The number of H-pyrrole nitrogens is 1. The van der Waals surface area contributed by atoms with Gasteiger partial charge in [0.05, 0.1) is 0 Å². The molecule has 0 radical (unpaired) electrons. The molecule has 0 atom stereocenters. The second-order valence-corrected chi connectivity index (χ2v) is 2.41. The summed E-state index contributed by atoms with van der Waals surface area (Å²) in [5, 5.41) is 0. The summed E-state index contributed by atoms with van der Waals surface area (Å²) in [5.74, 6) is 0. The van der Waals surface area contributed by atoms with Crippen molar-refractivity contribution < 1.29 is 49.5 Å². The summed E-state index contributed by atoms with van der Waals surface area (Å²) in [5.41, 5.74) is 0. The molecule has 0 fully saturated rings. The summed E-state index contributed by atoms with van der Waals surface area (Å²) in [6.45, 7) is 0. The van der Waals surface area contributed by atoms with Gasteiger partial charge in [-0.05, 0) is 0 Å². The van der Waals surface area contributed by atoms with E-state index in [1.165, 1.54) is 28.1 Å². The first-order chi connectivity index (χ1) is 2.89. The fourth-order valence-corrected chi connectivity index (χ4v) is 0.772. The van der Waals surface area contributed by atoms with Crippen molar-refractivity contribution in [2.24, 2.45) is 0 Å². The van der Waals surface area contributed by atoms with Gasteiger partial charge in [0.2, 0.25) is 0 Å². The first-order valence-corrected chi connectivity index (χ1v) is 2.97. The average Bonchev–Trinajstić information content (AvgIpc) is 1.86. The van der Waals surface area contributed by atoms with Crippen LogP contribution in [0, 0.1) is 0 Å². The van der Waals surface area contributed by atoms with Gasteiger partial charge < -0.3 is 24.8 Å². The van der Waals surface area contributed by atoms with Gasteiger partial charge in [-0.25, -0.2) is 0 Å². The molecular weight excluding hydrogens is 224 g/mol. The Labute approximate surface area is 75.9 Å². The number of halogens is 2. The Morgan fingerprint density at radius 3 is 2.12 bits per heavy atom. The maximum atomic E-state index is 3.04. The van der Waals surface area contributed by atoms with Gasteiger partial charge >= 0.3 is 51.4 Å². The van der Waals surface area contributed by atoms with Crippen molar-refractivity contribution in [3.63, 3.8) is 0 Å². The Morgan fingerprint density at radius 1 is 1.38 bits per heavy atom. The fourth-order valence-electron chi connectivity index (χ4n) is 0.330. The van der Waals surface area contributed by atoms with Gasteiger partial charge in [-0.2, -0.15) is 0 Å². The Bertz CT molecular complexity index is 118. The summed E-state index contributed by atoms with van der Waals surface area (Å²) in [6.07, 6.45) is 1.93. The van der Waals surface area contributed by atoms with E-state index in [2.05, 4.69) is 11.1 Å². The second-order valence-electron chi connectivity index (χ2n) is 1.08. The molecule has 0 saturated carbocycles. The predicted molar refractivity (Wildman–Crippen MR) is 20.4 cm³/mol. The summed E-state index contributed by atoms with van der Waals surface area (Å²) in [6, 6.07) is 4.07. The molecule has 8 heavy (non-hydrogen) atoms. The zero-order chi connectivity index (χ0) is 4.41. The molecule has 0 spiro atoms. The van der Waals surface area contributed by atoms with E-state index in [4.69, 9.17) is 0 Å². The van der Waals surface area contributed by atoms with Crippen LogP contribution in [-0.2, 0) is 24.7 Å². The Morgan fingerprint density at radius 2 is 2.00 bits per heavy atom. The second kappa shape index (κ2) is 5.87. The molecule has 0 bridgehead atoms. The van der Waals surface area contributed by atoms with E-state index < -0.39 is 0 Å². The molecule has 43 valence electrons. The van der Waals surface area contributed by atoms with E-state index in [1.807, 2.05) is 12.3 Å². The van der Waals surface area contributed by atoms with Crippen molar-refractivity contribution in [2.75, 3.05) is 0 Å². The van der Waals surface area contributed by atoms with Crippen molar-refractivity contribution in [3.05, 3.63) is 18.3 Å². The summed E-state index contributed by atoms with van der Waals surface area (Å²) < 4.78 is 1.31. The molecule has 1 aromatic heterocycles. The van der Waals surface area contributed by atoms with Gasteiger partial charge in [0.1, 0.15) is 0 Å². The van der Waals surface area contributed by atoms with Crippen LogP contribution in [-0.4, -0.2) is 4.98 Å². The van der Waals surface area contributed by atoms with Crippen LogP contribution in [0.15, 0.2) is 18.3 Å². The van der Waals surface area contributed by atoms with E-state index in [0.29, 0.717) is 0 Å².